The van der Waals surface area contributed by atoms with E-state index >= 15 is 0 Å². The summed E-state index contributed by atoms with van der Waals surface area (Å²) in [5, 5.41) is 5.95. The number of ether oxygens (including phenoxy) is 2. The predicted molar refractivity (Wildman–Crippen MR) is 125 cm³/mol. The number of benzene rings is 2. The van der Waals surface area contributed by atoms with Crippen LogP contribution in [0.4, 0.5) is 5.69 Å². The van der Waals surface area contributed by atoms with E-state index in [1.54, 1.807) is 31.4 Å². The first kappa shape index (κ1) is 23.8. The highest BCUT2D eigenvalue weighted by Crippen LogP contribution is 2.24. The third kappa shape index (κ3) is 6.31. The van der Waals surface area contributed by atoms with Crippen molar-refractivity contribution in [2.75, 3.05) is 45.3 Å². The number of hydrogen-bond acceptors (Lipinski definition) is 5. The number of nitrogens with zero attached hydrogens (tertiary/aromatic N) is 1. The Labute approximate surface area is 190 Å². The topological polar surface area (TPSA) is 79.9 Å². The minimum atomic E-state index is -0.512. The summed E-state index contributed by atoms with van der Waals surface area (Å²) >= 11 is 0. The van der Waals surface area contributed by atoms with Crippen molar-refractivity contribution in [1.29, 1.82) is 0 Å². The largest absolute Gasteiger partial charge is 0.497 e. The molecule has 172 valence electrons. The molecule has 1 aliphatic rings. The normalized spacial score (nSPS) is 15.6. The van der Waals surface area contributed by atoms with Gasteiger partial charge in [0.25, 0.3) is 5.91 Å². The van der Waals surface area contributed by atoms with Gasteiger partial charge < -0.3 is 20.1 Å². The fraction of sp³-hybridized carbons (Fsp3) is 0.440. The standard InChI is InChI=1S/C25H33N3O4/c1-25(2,3)24(30)27-20-7-5-6-19(16-20)23(29)26-17-22(28-12-14-32-15-13-28)18-8-10-21(31-4)11-9-18/h5-11,16,22H,12-15,17H2,1-4H3,(H,26,29)(H,27,30)/t22-/m0/s1. The van der Waals surface area contributed by atoms with Gasteiger partial charge in [-0.15, -0.1) is 0 Å². The van der Waals surface area contributed by atoms with Gasteiger partial charge in [0.2, 0.25) is 5.91 Å². The van der Waals surface area contributed by atoms with E-state index in [4.69, 9.17) is 9.47 Å². The summed E-state index contributed by atoms with van der Waals surface area (Å²) in [4.78, 5) is 27.5. The van der Waals surface area contributed by atoms with E-state index in [1.807, 2.05) is 45.0 Å². The second-order valence-corrected chi connectivity index (χ2v) is 8.93. The minimum Gasteiger partial charge on any atom is -0.497 e. The van der Waals surface area contributed by atoms with E-state index in [-0.39, 0.29) is 17.9 Å². The van der Waals surface area contributed by atoms with Crippen molar-refractivity contribution in [3.63, 3.8) is 0 Å². The van der Waals surface area contributed by atoms with Crippen molar-refractivity contribution >= 4 is 17.5 Å². The summed E-state index contributed by atoms with van der Waals surface area (Å²) in [6.07, 6.45) is 0. The summed E-state index contributed by atoms with van der Waals surface area (Å²) in [5.74, 6) is 0.526. The van der Waals surface area contributed by atoms with Crippen LogP contribution in [0.5, 0.6) is 5.75 Å². The van der Waals surface area contributed by atoms with Crippen molar-refractivity contribution in [2.45, 2.75) is 26.8 Å². The third-order valence-corrected chi connectivity index (χ3v) is 5.51. The van der Waals surface area contributed by atoms with Crippen LogP contribution in [-0.4, -0.2) is 56.7 Å². The molecule has 0 aliphatic carbocycles. The second-order valence-electron chi connectivity index (χ2n) is 8.93. The van der Waals surface area contributed by atoms with Crippen LogP contribution in [0, 0.1) is 5.41 Å². The second kappa shape index (κ2) is 10.6. The molecule has 0 unspecified atom stereocenters. The fourth-order valence-electron chi connectivity index (χ4n) is 3.52. The summed E-state index contributed by atoms with van der Waals surface area (Å²) < 4.78 is 10.8. The van der Waals surface area contributed by atoms with Crippen LogP contribution >= 0.6 is 0 Å². The van der Waals surface area contributed by atoms with Gasteiger partial charge in [-0.05, 0) is 35.9 Å². The number of anilines is 1. The zero-order chi connectivity index (χ0) is 23.1. The Morgan fingerprint density at radius 3 is 2.41 bits per heavy atom. The lowest BCUT2D eigenvalue weighted by Gasteiger charge is -2.35. The van der Waals surface area contributed by atoms with Crippen LogP contribution in [0.3, 0.4) is 0 Å². The number of nitrogens with one attached hydrogen (secondary N) is 2. The quantitative estimate of drug-likeness (QED) is 0.691. The Bertz CT molecular complexity index is 916. The molecule has 2 N–H and O–H groups in total. The molecule has 1 atom stereocenters. The number of amides is 2. The van der Waals surface area contributed by atoms with Gasteiger partial charge in [-0.2, -0.15) is 0 Å². The average Bonchev–Trinajstić information content (AvgIpc) is 2.79. The first-order chi connectivity index (χ1) is 15.3. The Morgan fingerprint density at radius 2 is 1.78 bits per heavy atom. The molecule has 32 heavy (non-hydrogen) atoms. The molecule has 0 bridgehead atoms. The zero-order valence-corrected chi connectivity index (χ0v) is 19.3. The van der Waals surface area contributed by atoms with E-state index < -0.39 is 5.41 Å². The Kier molecular flexibility index (Phi) is 7.88. The van der Waals surface area contributed by atoms with Gasteiger partial charge >= 0.3 is 0 Å². The highest BCUT2D eigenvalue weighted by molar-refractivity contribution is 5.98. The number of hydrogen-bond donors (Lipinski definition) is 2. The van der Waals surface area contributed by atoms with Gasteiger partial charge in [0.15, 0.2) is 0 Å². The molecule has 2 aromatic rings. The molecule has 2 aromatic carbocycles. The van der Waals surface area contributed by atoms with Crippen molar-refractivity contribution in [3.8, 4) is 5.75 Å². The number of carbonyl (C=O) groups is 2. The van der Waals surface area contributed by atoms with Crippen LogP contribution in [0.25, 0.3) is 0 Å². The molecule has 2 amide bonds. The number of methoxy groups -OCH3 is 1. The molecule has 1 fully saturated rings. The minimum absolute atomic E-state index is 0.0255. The molecule has 1 saturated heterocycles. The van der Waals surface area contributed by atoms with Crippen molar-refractivity contribution in [2.24, 2.45) is 5.41 Å². The van der Waals surface area contributed by atoms with Gasteiger partial charge in [-0.25, -0.2) is 0 Å². The molecule has 7 heteroatoms. The first-order valence-electron chi connectivity index (χ1n) is 10.9. The smallest absolute Gasteiger partial charge is 0.251 e. The van der Waals surface area contributed by atoms with Crippen LogP contribution in [0.2, 0.25) is 0 Å². The number of carbonyl (C=O) groups excluding carboxylic acids is 2. The molecule has 3 rings (SSSR count). The lowest BCUT2D eigenvalue weighted by Crippen LogP contribution is -2.43. The predicted octanol–water partition coefficient (Wildman–Crippen LogP) is 3.48. The average molecular weight is 440 g/mol. The van der Waals surface area contributed by atoms with E-state index in [0.29, 0.717) is 31.0 Å². The van der Waals surface area contributed by atoms with Gasteiger partial charge in [0.1, 0.15) is 5.75 Å². The van der Waals surface area contributed by atoms with Crippen LogP contribution < -0.4 is 15.4 Å². The van der Waals surface area contributed by atoms with Gasteiger partial charge in [0.05, 0.1) is 26.4 Å². The Balaban J connectivity index is 1.70. The molecule has 1 heterocycles. The lowest BCUT2D eigenvalue weighted by atomic mass is 9.95. The summed E-state index contributed by atoms with van der Waals surface area (Å²) in [7, 11) is 1.65. The SMILES string of the molecule is COc1ccc([C@H](CNC(=O)c2cccc(NC(=O)C(C)(C)C)c2)N2CCOCC2)cc1. The summed E-state index contributed by atoms with van der Waals surface area (Å²) in [5.41, 5.74) is 1.71. The maximum Gasteiger partial charge on any atom is 0.251 e. The maximum absolute atomic E-state index is 12.9. The van der Waals surface area contributed by atoms with Crippen molar-refractivity contribution in [3.05, 3.63) is 59.7 Å². The zero-order valence-electron chi connectivity index (χ0n) is 19.3. The molecular formula is C25H33N3O4. The molecule has 7 nitrogen and oxygen atoms in total. The molecule has 1 aliphatic heterocycles. The molecule has 0 aromatic heterocycles. The van der Waals surface area contributed by atoms with Gasteiger partial charge in [-0.1, -0.05) is 39.0 Å². The van der Waals surface area contributed by atoms with Crippen LogP contribution in [-0.2, 0) is 9.53 Å². The monoisotopic (exact) mass is 439 g/mol. The summed E-state index contributed by atoms with van der Waals surface area (Å²) in [6, 6.07) is 15.0. The summed E-state index contributed by atoms with van der Waals surface area (Å²) in [6.45, 7) is 8.98. The van der Waals surface area contributed by atoms with Crippen molar-refractivity contribution < 1.29 is 19.1 Å². The number of morpholine rings is 1. The highest BCUT2D eigenvalue weighted by atomic mass is 16.5. The Morgan fingerprint density at radius 1 is 1.09 bits per heavy atom. The van der Waals surface area contributed by atoms with E-state index in [2.05, 4.69) is 15.5 Å². The maximum atomic E-state index is 12.9. The van der Waals surface area contributed by atoms with E-state index in [9.17, 15) is 9.59 Å². The van der Waals surface area contributed by atoms with E-state index in [1.165, 1.54) is 0 Å². The first-order valence-corrected chi connectivity index (χ1v) is 10.9. The Hall–Kier alpha value is -2.90. The molecule has 0 saturated carbocycles. The van der Waals surface area contributed by atoms with Gasteiger partial charge in [-0.3, -0.25) is 14.5 Å². The number of rotatable bonds is 7. The fourth-order valence-corrected chi connectivity index (χ4v) is 3.52. The highest BCUT2D eigenvalue weighted by Gasteiger charge is 2.24. The van der Waals surface area contributed by atoms with Crippen LogP contribution in [0.1, 0.15) is 42.7 Å². The van der Waals surface area contributed by atoms with Crippen molar-refractivity contribution in [1.82, 2.24) is 10.2 Å². The molecule has 0 radical (unpaired) electrons. The molecular weight excluding hydrogens is 406 g/mol. The lowest BCUT2D eigenvalue weighted by molar-refractivity contribution is -0.123. The van der Waals surface area contributed by atoms with Gasteiger partial charge in [0, 0.05) is 36.3 Å². The molecule has 0 spiro atoms. The van der Waals surface area contributed by atoms with Crippen LogP contribution in [0.15, 0.2) is 48.5 Å². The van der Waals surface area contributed by atoms with E-state index in [0.717, 1.165) is 24.4 Å². The third-order valence-electron chi connectivity index (χ3n) is 5.51.